The van der Waals surface area contributed by atoms with E-state index < -0.39 is 10.0 Å². The normalized spacial score (nSPS) is 14.2. The van der Waals surface area contributed by atoms with E-state index in [2.05, 4.69) is 4.72 Å². The lowest BCUT2D eigenvalue weighted by atomic mass is 10.1. The Morgan fingerprint density at radius 3 is 2.55 bits per heavy atom. The van der Waals surface area contributed by atoms with Crippen molar-refractivity contribution in [1.29, 1.82) is 0 Å². The molecule has 0 spiro atoms. The molecule has 8 heteroatoms. The Balaban J connectivity index is 1.61. The molecule has 1 N–H and O–H groups in total. The number of ether oxygens (including phenoxy) is 1. The Morgan fingerprint density at radius 1 is 1.14 bits per heavy atom. The first kappa shape index (κ1) is 21.7. The number of sulfonamides is 1. The molecule has 0 bridgehead atoms. The van der Waals surface area contributed by atoms with E-state index in [1.165, 1.54) is 24.8 Å². The van der Waals surface area contributed by atoms with Gasteiger partial charge in [-0.3, -0.25) is 4.79 Å². The minimum atomic E-state index is -3.70. The van der Waals surface area contributed by atoms with Crippen LogP contribution in [0.4, 0.5) is 0 Å². The monoisotopic (exact) mass is 434 g/mol. The van der Waals surface area contributed by atoms with Gasteiger partial charge in [0.1, 0.15) is 5.75 Å². The summed E-state index contributed by atoms with van der Waals surface area (Å²) >= 11 is 1.67. The summed E-state index contributed by atoms with van der Waals surface area (Å²) in [5.74, 6) is 1.69. The maximum Gasteiger partial charge on any atom is 0.257 e. The highest BCUT2D eigenvalue weighted by atomic mass is 32.2. The number of nitrogens with zero attached hydrogens (tertiary/aromatic N) is 1. The van der Waals surface area contributed by atoms with Gasteiger partial charge >= 0.3 is 0 Å². The highest BCUT2D eigenvalue weighted by Gasteiger charge is 2.25. The van der Waals surface area contributed by atoms with Gasteiger partial charge in [0, 0.05) is 31.1 Å². The van der Waals surface area contributed by atoms with Crippen LogP contribution < -0.4 is 9.46 Å². The zero-order valence-corrected chi connectivity index (χ0v) is 18.1. The van der Waals surface area contributed by atoms with Crippen molar-refractivity contribution >= 4 is 27.7 Å². The summed E-state index contributed by atoms with van der Waals surface area (Å²) in [6.07, 6.45) is 1.93. The number of benzene rings is 2. The van der Waals surface area contributed by atoms with Gasteiger partial charge in [0.05, 0.1) is 17.6 Å². The van der Waals surface area contributed by atoms with E-state index in [-0.39, 0.29) is 16.4 Å². The van der Waals surface area contributed by atoms with E-state index in [9.17, 15) is 13.2 Å². The smallest absolute Gasteiger partial charge is 0.257 e. The number of carbonyl (C=O) groups excluding carboxylic acids is 1. The highest BCUT2D eigenvalue weighted by Crippen LogP contribution is 2.25. The molecule has 156 valence electrons. The van der Waals surface area contributed by atoms with Crippen LogP contribution in [0.3, 0.4) is 0 Å². The number of rotatable bonds is 9. The third-order valence-corrected chi connectivity index (χ3v) is 7.24. The molecular weight excluding hydrogens is 408 g/mol. The summed E-state index contributed by atoms with van der Waals surface area (Å²) < 4.78 is 33.3. The number of hydrogen-bond acceptors (Lipinski definition) is 5. The van der Waals surface area contributed by atoms with E-state index in [0.29, 0.717) is 31.1 Å². The van der Waals surface area contributed by atoms with E-state index >= 15 is 0 Å². The van der Waals surface area contributed by atoms with Crippen molar-refractivity contribution in [2.75, 3.05) is 32.5 Å². The van der Waals surface area contributed by atoms with Crippen LogP contribution in [-0.4, -0.2) is 51.7 Å². The minimum absolute atomic E-state index is 0.0777. The van der Waals surface area contributed by atoms with Crippen LogP contribution in [0.1, 0.15) is 28.8 Å². The van der Waals surface area contributed by atoms with E-state index in [4.69, 9.17) is 4.74 Å². The summed E-state index contributed by atoms with van der Waals surface area (Å²) in [6, 6.07) is 14.5. The molecule has 29 heavy (non-hydrogen) atoms. The van der Waals surface area contributed by atoms with E-state index in [1.54, 1.807) is 22.7 Å². The fourth-order valence-electron chi connectivity index (χ4n) is 3.21. The van der Waals surface area contributed by atoms with Crippen LogP contribution in [0.25, 0.3) is 0 Å². The first-order valence-corrected chi connectivity index (χ1v) is 12.2. The number of thioether (sulfide) groups is 1. The van der Waals surface area contributed by atoms with Crippen molar-refractivity contribution in [3.63, 3.8) is 0 Å². The molecule has 1 fully saturated rings. The molecule has 0 radical (unpaired) electrons. The number of likely N-dealkylation sites (tertiary alicyclic amines) is 1. The maximum atomic E-state index is 12.8. The zero-order valence-electron chi connectivity index (χ0n) is 16.5. The van der Waals surface area contributed by atoms with Gasteiger partial charge in [-0.1, -0.05) is 30.3 Å². The molecule has 0 aliphatic carbocycles. The van der Waals surface area contributed by atoms with Crippen molar-refractivity contribution < 1.29 is 17.9 Å². The number of carbonyl (C=O) groups is 1. The maximum absolute atomic E-state index is 12.8. The first-order chi connectivity index (χ1) is 14.0. The molecule has 1 amide bonds. The van der Waals surface area contributed by atoms with Crippen molar-refractivity contribution in [2.24, 2.45) is 0 Å². The largest absolute Gasteiger partial charge is 0.496 e. The summed E-state index contributed by atoms with van der Waals surface area (Å²) in [5, 5.41) is 0. The van der Waals surface area contributed by atoms with Crippen molar-refractivity contribution in [1.82, 2.24) is 9.62 Å². The van der Waals surface area contributed by atoms with Gasteiger partial charge in [-0.05, 0) is 36.6 Å². The molecule has 0 atom stereocenters. The van der Waals surface area contributed by atoms with Crippen LogP contribution in [0.15, 0.2) is 53.4 Å². The molecule has 2 aromatic rings. The van der Waals surface area contributed by atoms with Gasteiger partial charge in [-0.25, -0.2) is 13.1 Å². The van der Waals surface area contributed by atoms with E-state index in [1.807, 2.05) is 30.3 Å². The third-order valence-electron chi connectivity index (χ3n) is 4.75. The zero-order chi connectivity index (χ0) is 20.7. The molecule has 1 heterocycles. The summed E-state index contributed by atoms with van der Waals surface area (Å²) in [7, 11) is -2.22. The van der Waals surface area contributed by atoms with Gasteiger partial charge in [-0.15, -0.1) is 0 Å². The van der Waals surface area contributed by atoms with E-state index in [0.717, 1.165) is 18.6 Å². The molecule has 1 aliphatic rings. The lowest BCUT2D eigenvalue weighted by molar-refractivity contribution is 0.0789. The van der Waals surface area contributed by atoms with Crippen LogP contribution >= 0.6 is 11.8 Å². The quantitative estimate of drug-likeness (QED) is 0.614. The molecular formula is C21H26N2O4S2. The Bertz CT molecular complexity index is 927. The number of amides is 1. The second-order valence-corrected chi connectivity index (χ2v) is 9.67. The van der Waals surface area contributed by atoms with Crippen LogP contribution in [0.5, 0.6) is 5.75 Å². The van der Waals surface area contributed by atoms with Gasteiger partial charge in [-0.2, -0.15) is 11.8 Å². The molecule has 6 nitrogen and oxygen atoms in total. The molecule has 2 aromatic carbocycles. The fraction of sp³-hybridized carbons (Fsp3) is 0.381. The molecule has 0 unspecified atom stereocenters. The first-order valence-electron chi connectivity index (χ1n) is 9.60. The van der Waals surface area contributed by atoms with Crippen LogP contribution in [0.2, 0.25) is 0 Å². The third kappa shape index (κ3) is 5.74. The average Bonchev–Trinajstić information content (AvgIpc) is 3.28. The highest BCUT2D eigenvalue weighted by molar-refractivity contribution is 7.98. The number of nitrogens with one attached hydrogen (secondary N) is 1. The Hall–Kier alpha value is -2.03. The average molecular weight is 435 g/mol. The molecule has 1 aliphatic heterocycles. The Morgan fingerprint density at radius 2 is 1.86 bits per heavy atom. The number of methoxy groups -OCH3 is 1. The SMILES string of the molecule is COc1ccc(S(=O)(=O)NCCSCc2ccccc2)cc1C(=O)N1CCCC1. The van der Waals surface area contributed by atoms with Gasteiger partial charge in [0.2, 0.25) is 10.0 Å². The van der Waals surface area contributed by atoms with Crippen LogP contribution in [0, 0.1) is 0 Å². The number of hydrogen-bond donors (Lipinski definition) is 1. The fourth-order valence-corrected chi connectivity index (χ4v) is 5.21. The van der Waals surface area contributed by atoms with Crippen molar-refractivity contribution in [2.45, 2.75) is 23.5 Å². The molecule has 3 rings (SSSR count). The second-order valence-electron chi connectivity index (χ2n) is 6.80. The van der Waals surface area contributed by atoms with Gasteiger partial charge in [0.25, 0.3) is 5.91 Å². The standard InChI is InChI=1S/C21H26N2O4S2/c1-27-20-10-9-18(15-19(20)21(24)23-12-5-6-13-23)29(25,26)22-11-14-28-16-17-7-3-2-4-8-17/h2-4,7-10,15,22H,5-6,11-14,16H2,1H3. The predicted octanol–water partition coefficient (Wildman–Crippen LogP) is 3.14. The van der Waals surface area contributed by atoms with Crippen molar-refractivity contribution in [3.05, 3.63) is 59.7 Å². The second kappa shape index (κ2) is 10.1. The predicted molar refractivity (Wildman–Crippen MR) is 116 cm³/mol. The van der Waals surface area contributed by atoms with Gasteiger partial charge < -0.3 is 9.64 Å². The lowest BCUT2D eigenvalue weighted by Crippen LogP contribution is -2.29. The summed E-state index contributed by atoms with van der Waals surface area (Å²) in [4.78, 5) is 14.6. The Kier molecular flexibility index (Phi) is 7.57. The summed E-state index contributed by atoms with van der Waals surface area (Å²) in [5.41, 5.74) is 1.50. The van der Waals surface area contributed by atoms with Crippen LogP contribution in [-0.2, 0) is 15.8 Å². The lowest BCUT2D eigenvalue weighted by Gasteiger charge is -2.18. The minimum Gasteiger partial charge on any atom is -0.496 e. The molecule has 1 saturated heterocycles. The molecule has 0 saturated carbocycles. The topological polar surface area (TPSA) is 75.7 Å². The van der Waals surface area contributed by atoms with Crippen molar-refractivity contribution in [3.8, 4) is 5.75 Å². The Labute approximate surface area is 176 Å². The molecule has 0 aromatic heterocycles. The van der Waals surface area contributed by atoms with Gasteiger partial charge in [0.15, 0.2) is 0 Å². The summed E-state index contributed by atoms with van der Waals surface area (Å²) in [6.45, 7) is 1.70.